The second-order valence-electron chi connectivity index (χ2n) is 7.44. The predicted octanol–water partition coefficient (Wildman–Crippen LogP) is 5.10. The molecule has 1 aliphatic carbocycles. The molecule has 144 valence electrons. The first-order valence-corrected chi connectivity index (χ1v) is 9.82. The highest BCUT2D eigenvalue weighted by atomic mass is 16.4. The summed E-state index contributed by atoms with van der Waals surface area (Å²) in [4.78, 5) is 25.5. The summed E-state index contributed by atoms with van der Waals surface area (Å²) in [6.45, 7) is 1.93. The Morgan fingerprint density at radius 3 is 2.57 bits per heavy atom. The van der Waals surface area contributed by atoms with Crippen molar-refractivity contribution in [3.8, 4) is 0 Å². The molecule has 1 amide bonds. The largest absolute Gasteiger partial charge is 0.421 e. The fraction of sp³-hybridized carbons (Fsp3) is 0.304. The van der Waals surface area contributed by atoms with Gasteiger partial charge in [-0.05, 0) is 44.0 Å². The average molecular weight is 376 g/mol. The van der Waals surface area contributed by atoms with E-state index in [1.807, 2.05) is 37.3 Å². The van der Waals surface area contributed by atoms with Gasteiger partial charge in [0, 0.05) is 17.0 Å². The molecule has 2 aromatic carbocycles. The van der Waals surface area contributed by atoms with Crippen LogP contribution in [0, 0.1) is 6.92 Å². The van der Waals surface area contributed by atoms with Crippen LogP contribution in [0.2, 0.25) is 0 Å². The lowest BCUT2D eigenvalue weighted by atomic mass is 9.95. The van der Waals surface area contributed by atoms with Crippen molar-refractivity contribution in [1.29, 1.82) is 0 Å². The molecular formula is C23H24N2O3. The number of carbonyl (C=O) groups is 1. The van der Waals surface area contributed by atoms with Crippen LogP contribution in [0.5, 0.6) is 0 Å². The first kappa shape index (κ1) is 18.3. The maximum atomic E-state index is 12.8. The minimum atomic E-state index is -0.544. The molecule has 0 bridgehead atoms. The van der Waals surface area contributed by atoms with Crippen LogP contribution in [-0.4, -0.2) is 11.9 Å². The third kappa shape index (κ3) is 3.79. The summed E-state index contributed by atoms with van der Waals surface area (Å²) in [6.07, 6.45) is 5.69. The van der Waals surface area contributed by atoms with Gasteiger partial charge in [0.15, 0.2) is 5.69 Å². The maximum absolute atomic E-state index is 12.8. The molecular weight excluding hydrogens is 352 g/mol. The molecule has 0 unspecified atom stereocenters. The molecule has 0 atom stereocenters. The SMILES string of the molecule is Cc1cccc(C(=O)Nc2c(NC3CCCCC3)c3ccccc3oc2=O)c1. The van der Waals surface area contributed by atoms with Crippen LogP contribution in [0.1, 0.15) is 48.0 Å². The Morgan fingerprint density at radius 2 is 1.79 bits per heavy atom. The van der Waals surface area contributed by atoms with Crippen molar-refractivity contribution in [3.05, 3.63) is 70.1 Å². The number of amides is 1. The van der Waals surface area contributed by atoms with Gasteiger partial charge in [-0.2, -0.15) is 0 Å². The number of carbonyl (C=O) groups excluding carboxylic acids is 1. The first-order chi connectivity index (χ1) is 13.6. The zero-order chi connectivity index (χ0) is 19.5. The molecule has 1 fully saturated rings. The van der Waals surface area contributed by atoms with E-state index in [-0.39, 0.29) is 17.6 Å². The zero-order valence-corrected chi connectivity index (χ0v) is 16.0. The van der Waals surface area contributed by atoms with Crippen molar-refractivity contribution in [2.45, 2.75) is 45.1 Å². The predicted molar refractivity (Wildman–Crippen MR) is 112 cm³/mol. The van der Waals surface area contributed by atoms with E-state index in [4.69, 9.17) is 4.42 Å². The number of rotatable bonds is 4. The quantitative estimate of drug-likeness (QED) is 0.622. The van der Waals surface area contributed by atoms with E-state index >= 15 is 0 Å². The van der Waals surface area contributed by atoms with E-state index in [9.17, 15) is 9.59 Å². The van der Waals surface area contributed by atoms with Crippen molar-refractivity contribution >= 4 is 28.3 Å². The van der Waals surface area contributed by atoms with Gasteiger partial charge < -0.3 is 15.1 Å². The Balaban J connectivity index is 1.75. The standard InChI is InChI=1S/C23H24N2O3/c1-15-8-7-9-16(14-15)22(26)25-21-20(24-17-10-3-2-4-11-17)18-12-5-6-13-19(18)28-23(21)27/h5-9,12-14,17,24H,2-4,10-11H2,1H3,(H,25,26). The fourth-order valence-electron chi connectivity index (χ4n) is 3.84. The summed E-state index contributed by atoms with van der Waals surface area (Å²) in [5.74, 6) is -0.321. The second-order valence-corrected chi connectivity index (χ2v) is 7.44. The number of fused-ring (bicyclic) bond motifs is 1. The molecule has 5 nitrogen and oxygen atoms in total. The van der Waals surface area contributed by atoms with E-state index in [2.05, 4.69) is 10.6 Å². The van der Waals surface area contributed by atoms with Crippen LogP contribution < -0.4 is 16.3 Å². The molecule has 0 saturated heterocycles. The number of aryl methyl sites for hydroxylation is 1. The second kappa shape index (κ2) is 7.89. The van der Waals surface area contributed by atoms with Crippen molar-refractivity contribution in [1.82, 2.24) is 0 Å². The highest BCUT2D eigenvalue weighted by Crippen LogP contribution is 2.32. The Morgan fingerprint density at radius 1 is 1.00 bits per heavy atom. The Hall–Kier alpha value is -3.08. The van der Waals surface area contributed by atoms with Crippen LogP contribution in [0.15, 0.2) is 57.7 Å². The van der Waals surface area contributed by atoms with Gasteiger partial charge in [0.2, 0.25) is 0 Å². The molecule has 3 aromatic rings. The van der Waals surface area contributed by atoms with Gasteiger partial charge >= 0.3 is 5.63 Å². The van der Waals surface area contributed by atoms with Crippen molar-refractivity contribution < 1.29 is 9.21 Å². The lowest BCUT2D eigenvalue weighted by Crippen LogP contribution is -2.26. The van der Waals surface area contributed by atoms with Crippen LogP contribution in [-0.2, 0) is 0 Å². The van der Waals surface area contributed by atoms with Crippen molar-refractivity contribution in [2.75, 3.05) is 10.6 Å². The summed E-state index contributed by atoms with van der Waals surface area (Å²) in [7, 11) is 0. The molecule has 2 N–H and O–H groups in total. The molecule has 0 spiro atoms. The number of para-hydroxylation sites is 1. The molecule has 1 aromatic heterocycles. The summed E-state index contributed by atoms with van der Waals surface area (Å²) in [6, 6.07) is 15.0. The number of hydrogen-bond acceptors (Lipinski definition) is 4. The van der Waals surface area contributed by atoms with Crippen molar-refractivity contribution in [2.24, 2.45) is 0 Å². The van der Waals surface area contributed by atoms with Crippen LogP contribution in [0.4, 0.5) is 11.4 Å². The molecule has 5 heteroatoms. The van der Waals surface area contributed by atoms with E-state index in [0.717, 1.165) is 23.8 Å². The molecule has 1 saturated carbocycles. The molecule has 4 rings (SSSR count). The zero-order valence-electron chi connectivity index (χ0n) is 16.0. The summed E-state index contributed by atoms with van der Waals surface area (Å²) < 4.78 is 5.47. The van der Waals surface area contributed by atoms with Gasteiger partial charge in [-0.25, -0.2) is 4.79 Å². The monoisotopic (exact) mass is 376 g/mol. The van der Waals surface area contributed by atoms with Gasteiger partial charge in [-0.15, -0.1) is 0 Å². The molecule has 1 heterocycles. The summed E-state index contributed by atoms with van der Waals surface area (Å²) >= 11 is 0. The van der Waals surface area contributed by atoms with E-state index in [0.29, 0.717) is 16.8 Å². The van der Waals surface area contributed by atoms with Gasteiger partial charge in [0.25, 0.3) is 5.91 Å². The van der Waals surface area contributed by atoms with Crippen molar-refractivity contribution in [3.63, 3.8) is 0 Å². The Labute approximate surface area is 163 Å². The smallest absolute Gasteiger partial charge is 0.362 e. The molecule has 0 radical (unpaired) electrons. The number of benzene rings is 2. The minimum absolute atomic E-state index is 0.177. The molecule has 1 aliphatic rings. The van der Waals surface area contributed by atoms with Crippen LogP contribution >= 0.6 is 0 Å². The summed E-state index contributed by atoms with van der Waals surface area (Å²) in [5.41, 5.74) is 2.29. The topological polar surface area (TPSA) is 71.3 Å². The number of hydrogen-bond donors (Lipinski definition) is 2. The lowest BCUT2D eigenvalue weighted by molar-refractivity contribution is 0.102. The van der Waals surface area contributed by atoms with Crippen LogP contribution in [0.3, 0.4) is 0 Å². The van der Waals surface area contributed by atoms with Gasteiger partial charge in [0.05, 0.1) is 5.69 Å². The number of nitrogens with one attached hydrogen (secondary N) is 2. The maximum Gasteiger partial charge on any atom is 0.362 e. The van der Waals surface area contributed by atoms with E-state index in [1.54, 1.807) is 18.2 Å². The molecule has 0 aliphatic heterocycles. The highest BCUT2D eigenvalue weighted by molar-refractivity contribution is 6.08. The van der Waals surface area contributed by atoms with Gasteiger partial charge in [-0.3, -0.25) is 4.79 Å². The molecule has 28 heavy (non-hydrogen) atoms. The van der Waals surface area contributed by atoms with E-state index < -0.39 is 5.63 Å². The fourth-order valence-corrected chi connectivity index (χ4v) is 3.84. The average Bonchev–Trinajstić information content (AvgIpc) is 2.71. The number of anilines is 2. The third-order valence-corrected chi connectivity index (χ3v) is 5.29. The van der Waals surface area contributed by atoms with Crippen LogP contribution in [0.25, 0.3) is 11.0 Å². The minimum Gasteiger partial charge on any atom is -0.421 e. The highest BCUT2D eigenvalue weighted by Gasteiger charge is 2.21. The normalized spacial score (nSPS) is 14.8. The van der Waals surface area contributed by atoms with Gasteiger partial charge in [0.1, 0.15) is 5.58 Å². The van der Waals surface area contributed by atoms with E-state index in [1.165, 1.54) is 19.3 Å². The summed E-state index contributed by atoms with van der Waals surface area (Å²) in [5, 5.41) is 7.12. The Bertz CT molecular complexity index is 1060. The Kier molecular flexibility index (Phi) is 5.15. The first-order valence-electron chi connectivity index (χ1n) is 9.82. The lowest BCUT2D eigenvalue weighted by Gasteiger charge is -2.25. The van der Waals surface area contributed by atoms with Gasteiger partial charge in [-0.1, -0.05) is 49.1 Å². The third-order valence-electron chi connectivity index (χ3n) is 5.29.